The first-order valence-corrected chi connectivity index (χ1v) is 6.11. The highest BCUT2D eigenvalue weighted by Crippen LogP contribution is 2.41. The summed E-state index contributed by atoms with van der Waals surface area (Å²) in [5, 5.41) is 12.1. The van der Waals surface area contributed by atoms with Gasteiger partial charge in [-0.15, -0.1) is 0 Å². The maximum absolute atomic E-state index is 12.1. The number of carbonyl (C=O) groups excluding carboxylic acids is 2. The average molecular weight is 247 g/mol. The van der Waals surface area contributed by atoms with E-state index in [-0.39, 0.29) is 18.3 Å². The lowest BCUT2D eigenvalue weighted by molar-refractivity contribution is -0.133. The molecule has 0 spiro atoms. The Labute approximate surface area is 106 Å². The monoisotopic (exact) mass is 247 g/mol. The van der Waals surface area contributed by atoms with Crippen LogP contribution in [0.15, 0.2) is 24.3 Å². The van der Waals surface area contributed by atoms with E-state index in [1.807, 2.05) is 0 Å². The smallest absolute Gasteiger partial charge is 0.232 e. The highest BCUT2D eigenvalue weighted by atomic mass is 16.3. The van der Waals surface area contributed by atoms with Gasteiger partial charge in [0, 0.05) is 11.3 Å². The molecule has 0 saturated heterocycles. The number of aliphatic hydroxyl groups excluding tert-OH is 1. The molecule has 96 valence electrons. The van der Waals surface area contributed by atoms with E-state index in [1.54, 1.807) is 24.3 Å². The van der Waals surface area contributed by atoms with E-state index >= 15 is 0 Å². The van der Waals surface area contributed by atoms with Crippen LogP contribution in [-0.2, 0) is 4.79 Å². The van der Waals surface area contributed by atoms with Gasteiger partial charge in [0.15, 0.2) is 5.78 Å². The third-order valence-electron chi connectivity index (χ3n) is 3.62. The maximum Gasteiger partial charge on any atom is 0.232 e. The summed E-state index contributed by atoms with van der Waals surface area (Å²) in [5.41, 5.74) is 0.554. The molecule has 2 N–H and O–H groups in total. The van der Waals surface area contributed by atoms with Crippen LogP contribution in [-0.4, -0.2) is 23.4 Å². The van der Waals surface area contributed by atoms with Crippen LogP contribution in [0.5, 0.6) is 0 Å². The highest BCUT2D eigenvalue weighted by molar-refractivity contribution is 5.99. The Morgan fingerprint density at radius 1 is 1.39 bits per heavy atom. The predicted octanol–water partition coefficient (Wildman–Crippen LogP) is 1.99. The quantitative estimate of drug-likeness (QED) is 0.800. The molecule has 0 heterocycles. The molecule has 1 aromatic rings. The number of hydrogen-bond acceptors (Lipinski definition) is 3. The minimum Gasteiger partial charge on any atom is -0.395 e. The van der Waals surface area contributed by atoms with Crippen LogP contribution in [0.3, 0.4) is 0 Å². The van der Waals surface area contributed by atoms with Crippen molar-refractivity contribution >= 4 is 17.4 Å². The number of hydrogen-bond donors (Lipinski definition) is 2. The lowest BCUT2D eigenvalue weighted by Crippen LogP contribution is -2.44. The van der Waals surface area contributed by atoms with E-state index in [2.05, 4.69) is 5.32 Å². The van der Waals surface area contributed by atoms with Crippen molar-refractivity contribution in [3.8, 4) is 0 Å². The van der Waals surface area contributed by atoms with Gasteiger partial charge in [0.25, 0.3) is 0 Å². The number of carbonyl (C=O) groups is 2. The van der Waals surface area contributed by atoms with E-state index in [4.69, 9.17) is 0 Å². The van der Waals surface area contributed by atoms with Crippen LogP contribution in [0.1, 0.15) is 36.5 Å². The molecule has 2 rings (SSSR count). The first-order valence-electron chi connectivity index (χ1n) is 6.11. The minimum atomic E-state index is -0.619. The third-order valence-corrected chi connectivity index (χ3v) is 3.62. The molecule has 0 aromatic heterocycles. The molecule has 1 aliphatic carbocycles. The molecule has 4 heteroatoms. The lowest BCUT2D eigenvalue weighted by Gasteiger charge is -2.38. The van der Waals surface area contributed by atoms with Crippen LogP contribution >= 0.6 is 0 Å². The van der Waals surface area contributed by atoms with Gasteiger partial charge in [0.1, 0.15) is 0 Å². The topological polar surface area (TPSA) is 66.4 Å². The van der Waals surface area contributed by atoms with Gasteiger partial charge < -0.3 is 10.4 Å². The number of rotatable bonds is 4. The van der Waals surface area contributed by atoms with Gasteiger partial charge >= 0.3 is 0 Å². The Morgan fingerprint density at radius 2 is 2.11 bits per heavy atom. The summed E-state index contributed by atoms with van der Waals surface area (Å²) in [6, 6.07) is 6.85. The summed E-state index contributed by atoms with van der Waals surface area (Å²) in [6.45, 7) is 1.37. The minimum absolute atomic E-state index is 0.0355. The highest BCUT2D eigenvalue weighted by Gasteiger charge is 2.43. The SMILES string of the molecule is CC(=O)c1cccc(NC(=O)C2(CO)CCC2)c1. The molecule has 0 atom stereocenters. The van der Waals surface area contributed by atoms with Crippen molar-refractivity contribution in [3.63, 3.8) is 0 Å². The van der Waals surface area contributed by atoms with Crippen molar-refractivity contribution in [2.45, 2.75) is 26.2 Å². The number of anilines is 1. The number of amides is 1. The second-order valence-electron chi connectivity index (χ2n) is 4.88. The summed E-state index contributed by atoms with van der Waals surface area (Å²) in [5.74, 6) is -0.191. The van der Waals surface area contributed by atoms with Crippen molar-refractivity contribution in [3.05, 3.63) is 29.8 Å². The van der Waals surface area contributed by atoms with E-state index in [1.165, 1.54) is 6.92 Å². The molecule has 1 saturated carbocycles. The number of benzene rings is 1. The Hall–Kier alpha value is -1.68. The normalized spacial score (nSPS) is 16.8. The number of aliphatic hydroxyl groups is 1. The van der Waals surface area contributed by atoms with E-state index in [9.17, 15) is 14.7 Å². The van der Waals surface area contributed by atoms with Crippen molar-refractivity contribution < 1.29 is 14.7 Å². The fourth-order valence-corrected chi connectivity index (χ4v) is 2.14. The van der Waals surface area contributed by atoms with Gasteiger partial charge in [0.2, 0.25) is 5.91 Å². The van der Waals surface area contributed by atoms with Crippen molar-refractivity contribution in [1.82, 2.24) is 0 Å². The molecular formula is C14H17NO3. The molecular weight excluding hydrogens is 230 g/mol. The van der Waals surface area contributed by atoms with E-state index < -0.39 is 5.41 Å². The second kappa shape index (κ2) is 4.90. The molecule has 18 heavy (non-hydrogen) atoms. The standard InChI is InChI=1S/C14H17NO3/c1-10(17)11-4-2-5-12(8-11)15-13(18)14(9-16)6-3-7-14/h2,4-5,8,16H,3,6-7,9H2,1H3,(H,15,18). The average Bonchev–Trinajstić information content (AvgIpc) is 2.28. The van der Waals surface area contributed by atoms with Crippen LogP contribution in [0, 0.1) is 5.41 Å². The fraction of sp³-hybridized carbons (Fsp3) is 0.429. The van der Waals surface area contributed by atoms with Crippen LogP contribution < -0.4 is 5.32 Å². The van der Waals surface area contributed by atoms with Crippen molar-refractivity contribution in [2.24, 2.45) is 5.41 Å². The Morgan fingerprint density at radius 3 is 2.61 bits per heavy atom. The molecule has 0 unspecified atom stereocenters. The molecule has 0 radical (unpaired) electrons. The molecule has 4 nitrogen and oxygen atoms in total. The van der Waals surface area contributed by atoms with Gasteiger partial charge in [-0.3, -0.25) is 9.59 Å². The fourth-order valence-electron chi connectivity index (χ4n) is 2.14. The molecule has 1 fully saturated rings. The largest absolute Gasteiger partial charge is 0.395 e. The lowest BCUT2D eigenvalue weighted by atomic mass is 9.68. The van der Waals surface area contributed by atoms with Crippen LogP contribution in [0.4, 0.5) is 5.69 Å². The van der Waals surface area contributed by atoms with Crippen molar-refractivity contribution in [2.75, 3.05) is 11.9 Å². The summed E-state index contributed by atoms with van der Waals surface area (Å²) < 4.78 is 0. The first-order chi connectivity index (χ1) is 8.57. The second-order valence-corrected chi connectivity index (χ2v) is 4.88. The zero-order valence-corrected chi connectivity index (χ0v) is 10.4. The van der Waals surface area contributed by atoms with Gasteiger partial charge in [-0.2, -0.15) is 0 Å². The van der Waals surface area contributed by atoms with Gasteiger partial charge in [-0.1, -0.05) is 18.6 Å². The number of nitrogens with one attached hydrogen (secondary N) is 1. The zero-order valence-electron chi connectivity index (χ0n) is 10.4. The van der Waals surface area contributed by atoms with Gasteiger partial charge in [-0.05, 0) is 31.9 Å². The third kappa shape index (κ3) is 2.29. The maximum atomic E-state index is 12.1. The van der Waals surface area contributed by atoms with Gasteiger partial charge in [-0.25, -0.2) is 0 Å². The zero-order chi connectivity index (χ0) is 13.2. The molecule has 1 amide bonds. The van der Waals surface area contributed by atoms with E-state index in [0.717, 1.165) is 19.3 Å². The Balaban J connectivity index is 2.12. The summed E-state index contributed by atoms with van der Waals surface area (Å²) in [6.07, 6.45) is 2.42. The Bertz CT molecular complexity index is 472. The first kappa shape index (κ1) is 12.8. The van der Waals surface area contributed by atoms with Crippen LogP contribution in [0.2, 0.25) is 0 Å². The van der Waals surface area contributed by atoms with E-state index in [0.29, 0.717) is 11.3 Å². The summed E-state index contributed by atoms with van der Waals surface area (Å²) >= 11 is 0. The van der Waals surface area contributed by atoms with Crippen molar-refractivity contribution in [1.29, 1.82) is 0 Å². The predicted molar refractivity (Wildman–Crippen MR) is 68.4 cm³/mol. The number of Topliss-reactive ketones (excluding diaryl/α,β-unsaturated/α-hetero) is 1. The molecule has 0 bridgehead atoms. The van der Waals surface area contributed by atoms with Crippen LogP contribution in [0.25, 0.3) is 0 Å². The molecule has 1 aliphatic rings. The molecule has 1 aromatic carbocycles. The number of ketones is 1. The summed E-state index contributed by atoms with van der Waals surface area (Å²) in [7, 11) is 0. The Kier molecular flexibility index (Phi) is 3.48. The van der Waals surface area contributed by atoms with Gasteiger partial charge in [0.05, 0.1) is 12.0 Å². The summed E-state index contributed by atoms with van der Waals surface area (Å²) in [4.78, 5) is 23.3. The molecule has 0 aliphatic heterocycles.